The van der Waals surface area contributed by atoms with Crippen molar-refractivity contribution in [1.82, 2.24) is 9.88 Å². The number of nitrogens with zero attached hydrogens (tertiary/aromatic N) is 3. The molecule has 1 saturated heterocycles. The SMILES string of the molecule is O=C1CSC(=O)N1C(CCc1ccncc1)COc1ccc(-c2ccccc2)cc1[N+](=O)[O-]. The van der Waals surface area contributed by atoms with Gasteiger partial charge in [-0.1, -0.05) is 48.2 Å². The van der Waals surface area contributed by atoms with E-state index in [4.69, 9.17) is 4.74 Å². The first kappa shape index (κ1) is 22.5. The van der Waals surface area contributed by atoms with E-state index in [9.17, 15) is 19.7 Å². The Morgan fingerprint density at radius 2 is 1.82 bits per heavy atom. The number of ether oxygens (including phenoxy) is 1. The van der Waals surface area contributed by atoms with Crippen LogP contribution in [0.5, 0.6) is 5.75 Å². The number of aromatic nitrogens is 1. The summed E-state index contributed by atoms with van der Waals surface area (Å²) in [5.74, 6) is -0.0844. The van der Waals surface area contributed by atoms with Crippen LogP contribution in [0.1, 0.15) is 12.0 Å². The summed E-state index contributed by atoms with van der Waals surface area (Å²) in [7, 11) is 0. The molecule has 2 heterocycles. The molecule has 0 bridgehead atoms. The molecule has 2 amide bonds. The Labute approximate surface area is 194 Å². The number of nitro benzene ring substituents is 1. The minimum Gasteiger partial charge on any atom is -0.485 e. The van der Waals surface area contributed by atoms with E-state index in [1.165, 1.54) is 11.0 Å². The average Bonchev–Trinajstić information content (AvgIpc) is 3.18. The molecular weight excluding hydrogens is 442 g/mol. The molecule has 0 aliphatic carbocycles. The molecule has 3 aromatic rings. The normalized spacial score (nSPS) is 14.4. The number of aryl methyl sites for hydroxylation is 1. The second-order valence-electron chi connectivity index (χ2n) is 7.48. The van der Waals surface area contributed by atoms with Crippen molar-refractivity contribution in [1.29, 1.82) is 0 Å². The van der Waals surface area contributed by atoms with Gasteiger partial charge in [-0.15, -0.1) is 0 Å². The van der Waals surface area contributed by atoms with Crippen molar-refractivity contribution in [3.05, 3.63) is 88.7 Å². The molecule has 0 spiro atoms. The van der Waals surface area contributed by atoms with Gasteiger partial charge < -0.3 is 4.74 Å². The molecule has 0 N–H and O–H groups in total. The van der Waals surface area contributed by atoms with E-state index in [2.05, 4.69) is 4.98 Å². The van der Waals surface area contributed by atoms with Gasteiger partial charge >= 0.3 is 5.69 Å². The van der Waals surface area contributed by atoms with E-state index in [-0.39, 0.29) is 34.9 Å². The third kappa shape index (κ3) is 5.38. The second-order valence-corrected chi connectivity index (χ2v) is 8.41. The van der Waals surface area contributed by atoms with Crippen LogP contribution in [0.4, 0.5) is 10.5 Å². The number of rotatable bonds is 9. The summed E-state index contributed by atoms with van der Waals surface area (Å²) in [6.07, 6.45) is 4.44. The third-order valence-electron chi connectivity index (χ3n) is 5.36. The average molecular weight is 464 g/mol. The monoisotopic (exact) mass is 463 g/mol. The highest BCUT2D eigenvalue weighted by Crippen LogP contribution is 2.33. The number of carbonyl (C=O) groups excluding carboxylic acids is 2. The Morgan fingerprint density at radius 3 is 2.48 bits per heavy atom. The van der Waals surface area contributed by atoms with Gasteiger partial charge in [0.25, 0.3) is 5.24 Å². The van der Waals surface area contributed by atoms with Crippen LogP contribution in [-0.2, 0) is 11.2 Å². The quantitative estimate of drug-likeness (QED) is 0.334. The standard InChI is InChI=1S/C24H21N3O5S/c28-23-16-33-24(29)26(23)20(8-6-17-10-12-25-13-11-17)15-32-22-9-7-19(14-21(22)27(30)31)18-4-2-1-3-5-18/h1-5,7,9-14,20H,6,8,15-16H2. The van der Waals surface area contributed by atoms with E-state index < -0.39 is 11.0 Å². The number of carbonyl (C=O) groups is 2. The summed E-state index contributed by atoms with van der Waals surface area (Å²) in [5, 5.41) is 11.4. The number of pyridine rings is 1. The summed E-state index contributed by atoms with van der Waals surface area (Å²) < 4.78 is 5.84. The zero-order valence-corrected chi connectivity index (χ0v) is 18.4. The Hall–Kier alpha value is -3.72. The Balaban J connectivity index is 1.54. The lowest BCUT2D eigenvalue weighted by molar-refractivity contribution is -0.385. The molecule has 2 aromatic carbocycles. The maximum Gasteiger partial charge on any atom is 0.311 e. The number of thioether (sulfide) groups is 1. The van der Waals surface area contributed by atoms with Crippen LogP contribution >= 0.6 is 11.8 Å². The number of nitro groups is 1. The van der Waals surface area contributed by atoms with Crippen LogP contribution in [0.2, 0.25) is 0 Å². The summed E-state index contributed by atoms with van der Waals surface area (Å²) in [5.41, 5.74) is 2.40. The zero-order chi connectivity index (χ0) is 23.2. The molecule has 1 aromatic heterocycles. The van der Waals surface area contributed by atoms with Crippen molar-refractivity contribution in [3.8, 4) is 16.9 Å². The molecule has 0 radical (unpaired) electrons. The van der Waals surface area contributed by atoms with Crippen molar-refractivity contribution in [2.45, 2.75) is 18.9 Å². The van der Waals surface area contributed by atoms with Gasteiger partial charge in [0.05, 0.1) is 16.7 Å². The van der Waals surface area contributed by atoms with Gasteiger partial charge in [0.1, 0.15) is 6.61 Å². The topological polar surface area (TPSA) is 103 Å². The smallest absolute Gasteiger partial charge is 0.311 e. The van der Waals surface area contributed by atoms with E-state index in [0.29, 0.717) is 18.4 Å². The molecule has 8 nitrogen and oxygen atoms in total. The van der Waals surface area contributed by atoms with Gasteiger partial charge in [-0.25, -0.2) is 0 Å². The highest BCUT2D eigenvalue weighted by Gasteiger charge is 2.36. The largest absolute Gasteiger partial charge is 0.485 e. The Bertz CT molecular complexity index is 1140. The van der Waals surface area contributed by atoms with E-state index in [0.717, 1.165) is 22.9 Å². The summed E-state index contributed by atoms with van der Waals surface area (Å²) in [6, 6.07) is 17.3. The first-order valence-electron chi connectivity index (χ1n) is 10.4. The van der Waals surface area contributed by atoms with E-state index in [1.807, 2.05) is 42.5 Å². The minimum absolute atomic E-state index is 0.0331. The van der Waals surface area contributed by atoms with Crippen LogP contribution in [0.3, 0.4) is 0 Å². The van der Waals surface area contributed by atoms with Crippen molar-refractivity contribution in [2.24, 2.45) is 0 Å². The number of hydrogen-bond donors (Lipinski definition) is 0. The number of benzene rings is 2. The number of amides is 2. The van der Waals surface area contributed by atoms with Crippen molar-refractivity contribution < 1.29 is 19.2 Å². The van der Waals surface area contributed by atoms with Gasteiger partial charge in [-0.05, 0) is 47.7 Å². The Morgan fingerprint density at radius 1 is 1.06 bits per heavy atom. The lowest BCUT2D eigenvalue weighted by Gasteiger charge is -2.25. The fourth-order valence-electron chi connectivity index (χ4n) is 3.67. The fraction of sp³-hybridized carbons (Fsp3) is 0.208. The maximum absolute atomic E-state index is 12.3. The molecule has 9 heteroatoms. The predicted octanol–water partition coefficient (Wildman–Crippen LogP) is 4.73. The van der Waals surface area contributed by atoms with Gasteiger partial charge in [-0.3, -0.25) is 29.6 Å². The van der Waals surface area contributed by atoms with E-state index >= 15 is 0 Å². The first-order chi connectivity index (χ1) is 16.0. The number of imide groups is 1. The van der Waals surface area contributed by atoms with Crippen LogP contribution in [0.15, 0.2) is 73.1 Å². The third-order valence-corrected chi connectivity index (χ3v) is 6.19. The molecule has 1 fully saturated rings. The van der Waals surface area contributed by atoms with Crippen LogP contribution in [-0.4, -0.2) is 44.4 Å². The summed E-state index contributed by atoms with van der Waals surface area (Å²) in [4.78, 5) is 41.1. The van der Waals surface area contributed by atoms with Gasteiger partial charge in [0.15, 0.2) is 5.75 Å². The molecule has 168 valence electrons. The van der Waals surface area contributed by atoms with Gasteiger partial charge in [0.2, 0.25) is 5.91 Å². The molecular formula is C24H21N3O5S. The minimum atomic E-state index is -0.540. The maximum atomic E-state index is 12.3. The molecule has 1 aliphatic rings. The highest BCUT2D eigenvalue weighted by molar-refractivity contribution is 8.14. The molecule has 1 aliphatic heterocycles. The molecule has 33 heavy (non-hydrogen) atoms. The molecule has 4 rings (SSSR count). The van der Waals surface area contributed by atoms with Gasteiger partial charge in [0, 0.05) is 18.5 Å². The van der Waals surface area contributed by atoms with Crippen molar-refractivity contribution in [2.75, 3.05) is 12.4 Å². The highest BCUT2D eigenvalue weighted by atomic mass is 32.2. The molecule has 1 unspecified atom stereocenters. The molecule has 1 atom stereocenters. The lowest BCUT2D eigenvalue weighted by Crippen LogP contribution is -2.43. The van der Waals surface area contributed by atoms with Crippen LogP contribution in [0.25, 0.3) is 11.1 Å². The summed E-state index contributed by atoms with van der Waals surface area (Å²) in [6.45, 7) is -0.0331. The van der Waals surface area contributed by atoms with Crippen molar-refractivity contribution in [3.63, 3.8) is 0 Å². The molecule has 0 saturated carbocycles. The summed E-state index contributed by atoms with van der Waals surface area (Å²) >= 11 is 0.956. The predicted molar refractivity (Wildman–Crippen MR) is 125 cm³/mol. The van der Waals surface area contributed by atoms with Crippen molar-refractivity contribution >= 4 is 28.6 Å². The van der Waals surface area contributed by atoms with E-state index in [1.54, 1.807) is 24.5 Å². The zero-order valence-electron chi connectivity index (χ0n) is 17.6. The fourth-order valence-corrected chi connectivity index (χ4v) is 4.44. The van der Waals surface area contributed by atoms with Crippen LogP contribution < -0.4 is 4.74 Å². The lowest BCUT2D eigenvalue weighted by atomic mass is 10.0. The second kappa shape index (κ2) is 10.3. The Kier molecular flexibility index (Phi) is 6.99. The van der Waals surface area contributed by atoms with Crippen LogP contribution in [0, 0.1) is 10.1 Å². The number of hydrogen-bond acceptors (Lipinski definition) is 7. The first-order valence-corrected chi connectivity index (χ1v) is 11.4. The van der Waals surface area contributed by atoms with Gasteiger partial charge in [-0.2, -0.15) is 0 Å².